The minimum atomic E-state index is -0.0621. The Morgan fingerprint density at radius 1 is 1.09 bits per heavy atom. The average Bonchev–Trinajstić information content (AvgIpc) is 3.26. The van der Waals surface area contributed by atoms with Gasteiger partial charge < -0.3 is 9.47 Å². The van der Waals surface area contributed by atoms with Gasteiger partial charge in [-0.2, -0.15) is 0 Å². The van der Waals surface area contributed by atoms with Gasteiger partial charge in [0, 0.05) is 10.4 Å². The topological polar surface area (TPSA) is 70.4 Å². The van der Waals surface area contributed by atoms with Crippen LogP contribution in [0.5, 0.6) is 11.5 Å². The molecule has 0 radical (unpaired) electrons. The van der Waals surface area contributed by atoms with Crippen LogP contribution in [0.2, 0.25) is 0 Å². The van der Waals surface area contributed by atoms with E-state index >= 15 is 0 Å². The van der Waals surface area contributed by atoms with Crippen molar-refractivity contribution in [2.45, 2.75) is 37.8 Å². The summed E-state index contributed by atoms with van der Waals surface area (Å²) >= 11 is 2.91. The maximum absolute atomic E-state index is 13.8. The number of Topliss-reactive ketones (excluding diaryl/α,β-unsaturated/α-hetero) is 1. The standard InChI is InChI=1S/C27H26N2O4S2/c1-16-13-21(32-2)22(33-3)14-19(16)20(30)15-34-27-28-25-24(18-11-7-8-12-23(18)35-25)26(31)29(27)17-9-5-4-6-10-17/h4-6,9-10,13-14H,7-8,11-12,15H2,1-3H3. The van der Waals surface area contributed by atoms with E-state index in [1.165, 1.54) is 16.6 Å². The molecule has 0 atom stereocenters. The fourth-order valence-corrected chi connectivity index (χ4v) is 6.78. The molecule has 35 heavy (non-hydrogen) atoms. The van der Waals surface area contributed by atoms with Crippen LogP contribution in [0.4, 0.5) is 0 Å². The van der Waals surface area contributed by atoms with Gasteiger partial charge in [0.2, 0.25) is 0 Å². The first-order valence-corrected chi connectivity index (χ1v) is 13.3. The number of thiophene rings is 1. The molecule has 0 saturated heterocycles. The lowest BCUT2D eigenvalue weighted by Crippen LogP contribution is -2.22. The predicted octanol–water partition coefficient (Wildman–Crippen LogP) is 5.63. The third kappa shape index (κ3) is 4.36. The second-order valence-corrected chi connectivity index (χ2v) is 10.5. The van der Waals surface area contributed by atoms with Crippen LogP contribution in [0.3, 0.4) is 0 Å². The Morgan fingerprint density at radius 3 is 2.54 bits per heavy atom. The summed E-state index contributed by atoms with van der Waals surface area (Å²) in [4.78, 5) is 34.0. The second kappa shape index (κ2) is 9.87. The Hall–Kier alpha value is -3.10. The third-order valence-corrected chi connectivity index (χ3v) is 8.46. The molecule has 2 aromatic heterocycles. The second-order valence-electron chi connectivity index (χ2n) is 8.50. The maximum atomic E-state index is 13.8. The molecule has 0 unspecified atom stereocenters. The Balaban J connectivity index is 1.55. The summed E-state index contributed by atoms with van der Waals surface area (Å²) in [5.74, 6) is 1.18. The highest BCUT2D eigenvalue weighted by Crippen LogP contribution is 2.36. The number of thioether (sulfide) groups is 1. The molecule has 8 heteroatoms. The van der Waals surface area contributed by atoms with Gasteiger partial charge in [0.15, 0.2) is 22.4 Å². The molecule has 180 valence electrons. The summed E-state index contributed by atoms with van der Waals surface area (Å²) in [7, 11) is 3.12. The lowest BCUT2D eigenvalue weighted by atomic mass is 9.97. The molecule has 6 nitrogen and oxygen atoms in total. The molecular formula is C27H26N2O4S2. The smallest absolute Gasteiger partial charge is 0.267 e. The Morgan fingerprint density at radius 2 is 1.80 bits per heavy atom. The number of methoxy groups -OCH3 is 2. The first kappa shape index (κ1) is 23.6. The number of hydrogen-bond donors (Lipinski definition) is 0. The van der Waals surface area contributed by atoms with Crippen LogP contribution in [0, 0.1) is 6.92 Å². The van der Waals surface area contributed by atoms with Crippen molar-refractivity contribution in [2.75, 3.05) is 20.0 Å². The molecule has 0 fully saturated rings. The van der Waals surface area contributed by atoms with Crippen LogP contribution in [0.1, 0.15) is 39.2 Å². The zero-order valence-electron chi connectivity index (χ0n) is 19.9. The van der Waals surface area contributed by atoms with Crippen LogP contribution in [0.15, 0.2) is 52.4 Å². The highest BCUT2D eigenvalue weighted by Gasteiger charge is 2.24. The lowest BCUT2D eigenvalue weighted by molar-refractivity contribution is 0.102. The summed E-state index contributed by atoms with van der Waals surface area (Å²) in [5.41, 5.74) is 3.23. The highest BCUT2D eigenvalue weighted by atomic mass is 32.2. The minimum Gasteiger partial charge on any atom is -0.493 e. The summed E-state index contributed by atoms with van der Waals surface area (Å²) in [6, 6.07) is 13.0. The van der Waals surface area contributed by atoms with Gasteiger partial charge >= 0.3 is 0 Å². The van der Waals surface area contributed by atoms with Gasteiger partial charge in [-0.05, 0) is 68.0 Å². The molecule has 0 aliphatic heterocycles. The van der Waals surface area contributed by atoms with Crippen molar-refractivity contribution in [3.8, 4) is 17.2 Å². The molecule has 4 aromatic rings. The van der Waals surface area contributed by atoms with Crippen LogP contribution in [0.25, 0.3) is 15.9 Å². The number of carbonyl (C=O) groups excluding carboxylic acids is 1. The highest BCUT2D eigenvalue weighted by molar-refractivity contribution is 7.99. The van der Waals surface area contributed by atoms with Crippen molar-refractivity contribution in [1.82, 2.24) is 9.55 Å². The molecule has 0 saturated carbocycles. The Kier molecular flexibility index (Phi) is 6.67. The Bertz CT molecular complexity index is 1470. The van der Waals surface area contributed by atoms with Gasteiger partial charge in [0.25, 0.3) is 5.56 Å². The van der Waals surface area contributed by atoms with E-state index in [1.54, 1.807) is 42.3 Å². The summed E-state index contributed by atoms with van der Waals surface area (Å²) in [5, 5.41) is 1.26. The van der Waals surface area contributed by atoms with Crippen molar-refractivity contribution in [3.05, 3.63) is 74.4 Å². The molecule has 1 aliphatic carbocycles. The number of benzene rings is 2. The van der Waals surface area contributed by atoms with Crippen molar-refractivity contribution >= 4 is 39.1 Å². The van der Waals surface area contributed by atoms with Gasteiger partial charge in [-0.1, -0.05) is 30.0 Å². The molecule has 2 heterocycles. The SMILES string of the molecule is COc1cc(C)c(C(=O)CSc2nc3sc4c(c3c(=O)n2-c2ccccc2)CCCC4)cc1OC. The fourth-order valence-electron chi connectivity index (χ4n) is 4.58. The van der Waals surface area contributed by atoms with E-state index in [0.29, 0.717) is 22.2 Å². The number of ketones is 1. The van der Waals surface area contributed by atoms with E-state index in [9.17, 15) is 9.59 Å². The zero-order valence-corrected chi connectivity index (χ0v) is 21.6. The number of ether oxygens (including phenoxy) is 2. The predicted molar refractivity (Wildman–Crippen MR) is 141 cm³/mol. The van der Waals surface area contributed by atoms with Crippen molar-refractivity contribution in [1.29, 1.82) is 0 Å². The van der Waals surface area contributed by atoms with E-state index in [0.717, 1.165) is 52.7 Å². The van der Waals surface area contributed by atoms with Crippen molar-refractivity contribution in [2.24, 2.45) is 0 Å². The normalized spacial score (nSPS) is 13.0. The van der Waals surface area contributed by atoms with E-state index in [1.807, 2.05) is 37.3 Å². The third-order valence-electron chi connectivity index (χ3n) is 6.34. The van der Waals surface area contributed by atoms with Gasteiger partial charge in [0.1, 0.15) is 4.83 Å². The minimum absolute atomic E-state index is 0.0575. The van der Waals surface area contributed by atoms with Crippen molar-refractivity contribution < 1.29 is 14.3 Å². The van der Waals surface area contributed by atoms with E-state index < -0.39 is 0 Å². The molecule has 0 N–H and O–H groups in total. The zero-order chi connectivity index (χ0) is 24.5. The number of aryl methyl sites for hydroxylation is 3. The molecule has 1 aliphatic rings. The van der Waals surface area contributed by atoms with E-state index in [4.69, 9.17) is 14.5 Å². The van der Waals surface area contributed by atoms with Crippen LogP contribution < -0.4 is 15.0 Å². The van der Waals surface area contributed by atoms with E-state index in [2.05, 4.69) is 0 Å². The first-order chi connectivity index (χ1) is 17.0. The fraction of sp³-hybridized carbons (Fsp3) is 0.296. The number of rotatable bonds is 7. The van der Waals surface area contributed by atoms with Crippen LogP contribution in [-0.2, 0) is 12.8 Å². The molecule has 0 spiro atoms. The van der Waals surface area contributed by atoms with Crippen LogP contribution >= 0.6 is 23.1 Å². The molecule has 0 amide bonds. The lowest BCUT2D eigenvalue weighted by Gasteiger charge is -2.14. The molecule has 0 bridgehead atoms. The summed E-state index contributed by atoms with van der Waals surface area (Å²) in [6.45, 7) is 1.88. The number of carbonyl (C=O) groups is 1. The van der Waals surface area contributed by atoms with E-state index in [-0.39, 0.29) is 17.1 Å². The van der Waals surface area contributed by atoms with Gasteiger partial charge in [-0.15, -0.1) is 11.3 Å². The molecular weight excluding hydrogens is 480 g/mol. The van der Waals surface area contributed by atoms with Crippen LogP contribution in [-0.4, -0.2) is 35.3 Å². The van der Waals surface area contributed by atoms with Gasteiger partial charge in [-0.25, -0.2) is 4.98 Å². The average molecular weight is 507 g/mol. The first-order valence-electron chi connectivity index (χ1n) is 11.5. The summed E-state index contributed by atoms with van der Waals surface area (Å²) < 4.78 is 12.4. The monoisotopic (exact) mass is 506 g/mol. The molecule has 2 aromatic carbocycles. The number of para-hydroxylation sites is 1. The Labute approximate surface area is 211 Å². The summed E-state index contributed by atoms with van der Waals surface area (Å²) in [6.07, 6.45) is 4.16. The maximum Gasteiger partial charge on any atom is 0.267 e. The molecule has 5 rings (SSSR count). The number of fused-ring (bicyclic) bond motifs is 3. The largest absolute Gasteiger partial charge is 0.493 e. The van der Waals surface area contributed by atoms with Gasteiger partial charge in [-0.3, -0.25) is 14.2 Å². The quantitative estimate of drug-likeness (QED) is 0.184. The van der Waals surface area contributed by atoms with Gasteiger partial charge in [0.05, 0.1) is 31.0 Å². The number of hydrogen-bond acceptors (Lipinski definition) is 7. The van der Waals surface area contributed by atoms with Crippen molar-refractivity contribution in [3.63, 3.8) is 0 Å². The number of nitrogens with zero attached hydrogens (tertiary/aromatic N) is 2. The number of aromatic nitrogens is 2.